The largest absolute Gasteiger partial charge is 0.573 e. The second-order valence-corrected chi connectivity index (χ2v) is 3.23. The van der Waals surface area contributed by atoms with Gasteiger partial charge in [0, 0.05) is 11.6 Å². The lowest BCUT2D eigenvalue weighted by Gasteiger charge is -2.09. The van der Waals surface area contributed by atoms with Gasteiger partial charge in [0.25, 0.3) is 0 Å². The number of aliphatic carboxylic acids is 1. The zero-order chi connectivity index (χ0) is 13.8. The number of alkyl halides is 3. The van der Waals surface area contributed by atoms with Gasteiger partial charge in [0.05, 0.1) is 6.42 Å². The number of hydrogen-bond donors (Lipinski definition) is 1. The number of halogens is 4. The molecular formula is C11H8F4O3. The molecule has 3 nitrogen and oxygen atoms in total. The topological polar surface area (TPSA) is 46.5 Å². The highest BCUT2D eigenvalue weighted by Gasteiger charge is 2.31. The van der Waals surface area contributed by atoms with Crippen molar-refractivity contribution < 1.29 is 32.2 Å². The first-order valence-electron chi connectivity index (χ1n) is 4.71. The molecule has 0 spiro atoms. The van der Waals surface area contributed by atoms with Crippen LogP contribution in [0.5, 0.6) is 5.75 Å². The summed E-state index contributed by atoms with van der Waals surface area (Å²) in [5, 5.41) is 8.34. The number of rotatable bonds is 4. The van der Waals surface area contributed by atoms with Gasteiger partial charge in [0.1, 0.15) is 11.6 Å². The van der Waals surface area contributed by atoms with Crippen LogP contribution in [-0.2, 0) is 4.79 Å². The Hall–Kier alpha value is -2.05. The van der Waals surface area contributed by atoms with E-state index in [9.17, 15) is 22.4 Å². The molecule has 0 atom stereocenters. The van der Waals surface area contributed by atoms with Crippen molar-refractivity contribution >= 4 is 12.0 Å². The van der Waals surface area contributed by atoms with Gasteiger partial charge in [0.15, 0.2) is 0 Å². The van der Waals surface area contributed by atoms with Crippen molar-refractivity contribution in [3.05, 3.63) is 35.7 Å². The van der Waals surface area contributed by atoms with Gasteiger partial charge in [-0.15, -0.1) is 13.2 Å². The first kappa shape index (κ1) is 14.0. The maximum Gasteiger partial charge on any atom is 0.573 e. The van der Waals surface area contributed by atoms with Gasteiger partial charge < -0.3 is 9.84 Å². The molecule has 0 fully saturated rings. The van der Waals surface area contributed by atoms with E-state index >= 15 is 0 Å². The van der Waals surface area contributed by atoms with Gasteiger partial charge in [-0.1, -0.05) is 12.2 Å². The second kappa shape index (κ2) is 5.52. The number of benzene rings is 1. The SMILES string of the molecule is O=C(O)CC=Cc1ccc(OC(F)(F)F)cc1F. The summed E-state index contributed by atoms with van der Waals surface area (Å²) in [5.74, 6) is -2.70. The maximum absolute atomic E-state index is 13.3. The molecule has 0 aliphatic carbocycles. The van der Waals surface area contributed by atoms with E-state index in [0.29, 0.717) is 6.07 Å². The average Bonchev–Trinajstić information content (AvgIpc) is 2.18. The molecule has 0 saturated carbocycles. The fourth-order valence-corrected chi connectivity index (χ4v) is 1.13. The fourth-order valence-electron chi connectivity index (χ4n) is 1.13. The summed E-state index contributed by atoms with van der Waals surface area (Å²) in [6.45, 7) is 0. The minimum Gasteiger partial charge on any atom is -0.481 e. The molecule has 0 unspecified atom stereocenters. The Morgan fingerprint density at radius 1 is 1.39 bits per heavy atom. The highest BCUT2D eigenvalue weighted by atomic mass is 19.4. The van der Waals surface area contributed by atoms with E-state index in [1.807, 2.05) is 0 Å². The lowest BCUT2D eigenvalue weighted by molar-refractivity contribution is -0.274. The Balaban J connectivity index is 2.80. The average molecular weight is 264 g/mol. The highest BCUT2D eigenvalue weighted by Crippen LogP contribution is 2.24. The van der Waals surface area contributed by atoms with E-state index in [1.165, 1.54) is 12.2 Å². The van der Waals surface area contributed by atoms with Gasteiger partial charge >= 0.3 is 12.3 Å². The number of carboxylic acid groups (broad SMARTS) is 1. The van der Waals surface area contributed by atoms with Crippen LogP contribution in [0.2, 0.25) is 0 Å². The van der Waals surface area contributed by atoms with Crippen LogP contribution >= 0.6 is 0 Å². The Bertz CT molecular complexity index is 466. The molecule has 1 aromatic rings. The summed E-state index contributed by atoms with van der Waals surface area (Å²) < 4.78 is 52.3. The van der Waals surface area contributed by atoms with Gasteiger partial charge in [-0.2, -0.15) is 0 Å². The second-order valence-electron chi connectivity index (χ2n) is 3.23. The molecule has 1 N–H and O–H groups in total. The number of hydrogen-bond acceptors (Lipinski definition) is 2. The zero-order valence-electron chi connectivity index (χ0n) is 8.87. The number of carbonyl (C=O) groups is 1. The van der Waals surface area contributed by atoms with E-state index in [4.69, 9.17) is 5.11 Å². The van der Waals surface area contributed by atoms with Crippen molar-refractivity contribution in [3.8, 4) is 5.75 Å². The maximum atomic E-state index is 13.3. The molecule has 1 rings (SSSR count). The van der Waals surface area contributed by atoms with Crippen LogP contribution < -0.4 is 4.74 Å². The van der Waals surface area contributed by atoms with Gasteiger partial charge in [-0.25, -0.2) is 4.39 Å². The third-order valence-electron chi connectivity index (χ3n) is 1.80. The summed E-state index contributed by atoms with van der Waals surface area (Å²) in [6, 6.07) is 2.58. The monoisotopic (exact) mass is 264 g/mol. The zero-order valence-corrected chi connectivity index (χ0v) is 8.87. The smallest absolute Gasteiger partial charge is 0.481 e. The molecule has 0 bridgehead atoms. The highest BCUT2D eigenvalue weighted by molar-refractivity contribution is 5.70. The van der Waals surface area contributed by atoms with E-state index in [1.54, 1.807) is 0 Å². The molecule has 0 radical (unpaired) electrons. The molecule has 0 aliphatic rings. The predicted octanol–water partition coefficient (Wildman–Crippen LogP) is 3.21. The molecule has 18 heavy (non-hydrogen) atoms. The molecular weight excluding hydrogens is 256 g/mol. The van der Waals surface area contributed by atoms with Crippen LogP contribution in [0.3, 0.4) is 0 Å². The summed E-state index contributed by atoms with van der Waals surface area (Å²) in [4.78, 5) is 10.2. The van der Waals surface area contributed by atoms with Crippen LogP contribution in [0.1, 0.15) is 12.0 Å². The Morgan fingerprint density at radius 2 is 2.06 bits per heavy atom. The summed E-state index contributed by atoms with van der Waals surface area (Å²) in [6.07, 6.45) is -2.83. The third kappa shape index (κ3) is 4.86. The minimum absolute atomic E-state index is 0.0224. The van der Waals surface area contributed by atoms with Crippen molar-refractivity contribution in [1.29, 1.82) is 0 Å². The third-order valence-corrected chi connectivity index (χ3v) is 1.80. The summed E-state index contributed by atoms with van der Waals surface area (Å²) >= 11 is 0. The first-order valence-corrected chi connectivity index (χ1v) is 4.71. The molecule has 98 valence electrons. The van der Waals surface area contributed by atoms with Crippen molar-refractivity contribution in [2.45, 2.75) is 12.8 Å². The van der Waals surface area contributed by atoms with Crippen LogP contribution in [0, 0.1) is 5.82 Å². The Labute approximate surface area is 99.3 Å². The Kier molecular flexibility index (Phi) is 4.30. The molecule has 7 heteroatoms. The summed E-state index contributed by atoms with van der Waals surface area (Å²) in [7, 11) is 0. The lowest BCUT2D eigenvalue weighted by Crippen LogP contribution is -2.17. The molecule has 0 heterocycles. The van der Waals surface area contributed by atoms with Crippen LogP contribution in [-0.4, -0.2) is 17.4 Å². The molecule has 1 aromatic carbocycles. The van der Waals surface area contributed by atoms with Gasteiger partial charge in [-0.3, -0.25) is 4.79 Å². The van der Waals surface area contributed by atoms with Crippen LogP contribution in [0.25, 0.3) is 6.08 Å². The molecule has 0 aliphatic heterocycles. The molecule has 0 aromatic heterocycles. The van der Waals surface area contributed by atoms with E-state index in [2.05, 4.69) is 4.74 Å². The first-order chi connectivity index (χ1) is 8.28. The van der Waals surface area contributed by atoms with E-state index in [-0.39, 0.29) is 12.0 Å². The van der Waals surface area contributed by atoms with Gasteiger partial charge in [-0.05, 0) is 12.1 Å². The normalized spacial score (nSPS) is 11.8. The predicted molar refractivity (Wildman–Crippen MR) is 54.4 cm³/mol. The standard InChI is InChI=1S/C11H8F4O3/c12-9-6-8(18-11(13,14)15)5-4-7(9)2-1-3-10(16)17/h1-2,4-6H,3H2,(H,16,17). The summed E-state index contributed by atoms with van der Waals surface area (Å²) in [5.41, 5.74) is -0.0224. The minimum atomic E-state index is -4.88. The van der Waals surface area contributed by atoms with Crippen molar-refractivity contribution in [1.82, 2.24) is 0 Å². The quantitative estimate of drug-likeness (QED) is 0.849. The van der Waals surface area contributed by atoms with Crippen molar-refractivity contribution in [2.24, 2.45) is 0 Å². The van der Waals surface area contributed by atoms with Gasteiger partial charge in [0.2, 0.25) is 0 Å². The lowest BCUT2D eigenvalue weighted by atomic mass is 10.2. The van der Waals surface area contributed by atoms with Crippen molar-refractivity contribution in [3.63, 3.8) is 0 Å². The fraction of sp³-hybridized carbons (Fsp3) is 0.182. The number of carboxylic acids is 1. The van der Waals surface area contributed by atoms with Crippen molar-refractivity contribution in [2.75, 3.05) is 0 Å². The number of ether oxygens (including phenoxy) is 1. The van der Waals surface area contributed by atoms with E-state index in [0.717, 1.165) is 12.1 Å². The van der Waals surface area contributed by atoms with E-state index < -0.39 is 23.9 Å². The van der Waals surface area contributed by atoms with Crippen LogP contribution in [0.4, 0.5) is 17.6 Å². The van der Waals surface area contributed by atoms with Crippen LogP contribution in [0.15, 0.2) is 24.3 Å². The Morgan fingerprint density at radius 3 is 2.56 bits per heavy atom. The molecule has 0 saturated heterocycles. The molecule has 0 amide bonds.